The van der Waals surface area contributed by atoms with Crippen LogP contribution in [-0.2, 0) is 0 Å². The normalized spacial score (nSPS) is 12.6. The highest BCUT2D eigenvalue weighted by Crippen LogP contribution is 2.13. The van der Waals surface area contributed by atoms with E-state index in [0.717, 1.165) is 5.69 Å². The zero-order chi connectivity index (χ0) is 8.97. The molecule has 1 unspecified atom stereocenters. The van der Waals surface area contributed by atoms with Gasteiger partial charge in [-0.2, -0.15) is 0 Å². The Morgan fingerprint density at radius 1 is 1.42 bits per heavy atom. The lowest BCUT2D eigenvalue weighted by Gasteiger charge is -2.14. The molecule has 0 heterocycles. The van der Waals surface area contributed by atoms with Crippen molar-refractivity contribution >= 4 is 18.3 Å². The van der Waals surface area contributed by atoms with Crippen LogP contribution in [-0.4, -0.2) is 5.50 Å². The first kappa shape index (κ1) is 9.38. The van der Waals surface area contributed by atoms with Crippen molar-refractivity contribution in [3.05, 3.63) is 29.8 Å². The van der Waals surface area contributed by atoms with Crippen molar-refractivity contribution < 1.29 is 0 Å². The van der Waals surface area contributed by atoms with Crippen molar-refractivity contribution in [2.45, 2.75) is 12.4 Å². The summed E-state index contributed by atoms with van der Waals surface area (Å²) < 4.78 is 0. The molecular weight excluding hydrogens is 170 g/mol. The van der Waals surface area contributed by atoms with Gasteiger partial charge < -0.3 is 5.32 Å². The van der Waals surface area contributed by atoms with Gasteiger partial charge >= 0.3 is 0 Å². The largest absolute Gasteiger partial charge is 0.360 e. The summed E-state index contributed by atoms with van der Waals surface area (Å²) in [6.45, 7) is 2.03. The second-order valence-corrected chi connectivity index (χ2v) is 3.04. The Kier molecular flexibility index (Phi) is 3.40. The average Bonchev–Trinajstić information content (AvgIpc) is 2.09. The van der Waals surface area contributed by atoms with E-state index >= 15 is 0 Å². The fourth-order valence-corrected chi connectivity index (χ4v) is 1.06. The fraction of sp³-hybridized carbons (Fsp3) is 0.250. The van der Waals surface area contributed by atoms with Crippen LogP contribution in [0, 0.1) is 6.92 Å². The van der Waals surface area contributed by atoms with Gasteiger partial charge in [0.25, 0.3) is 0 Å². The number of para-hydroxylation sites is 1. The number of nitrogens with two attached hydrogens (primary N) is 1. The number of benzene rings is 1. The minimum absolute atomic E-state index is 0.217. The lowest BCUT2D eigenvalue weighted by Crippen LogP contribution is -2.36. The molecule has 12 heavy (non-hydrogen) atoms. The average molecular weight is 183 g/mol. The summed E-state index contributed by atoms with van der Waals surface area (Å²) in [4.78, 5) is 0. The van der Waals surface area contributed by atoms with Crippen LogP contribution in [0.4, 0.5) is 5.69 Å². The van der Waals surface area contributed by atoms with Crippen LogP contribution in [0.15, 0.2) is 24.3 Å². The molecule has 0 amide bonds. The first-order chi connectivity index (χ1) is 5.74. The van der Waals surface area contributed by atoms with Crippen LogP contribution in [0.25, 0.3) is 0 Å². The second-order valence-electron chi connectivity index (χ2n) is 2.53. The summed E-state index contributed by atoms with van der Waals surface area (Å²) in [6.07, 6.45) is 0. The van der Waals surface area contributed by atoms with E-state index in [-0.39, 0.29) is 5.50 Å². The number of hydrazine groups is 1. The molecule has 0 aliphatic carbocycles. The standard InChI is InChI=1S/C8H13N3S/c1-6-4-2-3-5-7(6)10-8(12)11-9/h2-5,8,10-12H,9H2,1H3. The van der Waals surface area contributed by atoms with Gasteiger partial charge in [0.05, 0.1) is 0 Å². The molecule has 0 radical (unpaired) electrons. The second kappa shape index (κ2) is 4.35. The Morgan fingerprint density at radius 3 is 2.67 bits per heavy atom. The summed E-state index contributed by atoms with van der Waals surface area (Å²) in [5.41, 5.74) is 4.49. The topological polar surface area (TPSA) is 50.1 Å². The molecule has 0 saturated carbocycles. The number of nitrogens with one attached hydrogen (secondary N) is 2. The molecule has 0 aliphatic heterocycles. The summed E-state index contributed by atoms with van der Waals surface area (Å²) in [5.74, 6) is 5.18. The summed E-state index contributed by atoms with van der Waals surface area (Å²) in [5, 5.41) is 3.09. The lowest BCUT2D eigenvalue weighted by atomic mass is 10.2. The van der Waals surface area contributed by atoms with Gasteiger partial charge in [0.2, 0.25) is 0 Å². The van der Waals surface area contributed by atoms with Crippen LogP contribution >= 0.6 is 12.6 Å². The van der Waals surface area contributed by atoms with Gasteiger partial charge in [-0.25, -0.2) is 5.43 Å². The van der Waals surface area contributed by atoms with Gasteiger partial charge in [-0.05, 0) is 18.6 Å². The molecule has 1 aromatic carbocycles. The SMILES string of the molecule is Cc1ccccc1NC(S)NN. The maximum atomic E-state index is 5.18. The third kappa shape index (κ3) is 2.41. The maximum Gasteiger partial charge on any atom is 0.135 e. The third-order valence-corrected chi connectivity index (χ3v) is 1.87. The molecule has 0 saturated heterocycles. The van der Waals surface area contributed by atoms with E-state index in [2.05, 4.69) is 23.4 Å². The number of aryl methyl sites for hydroxylation is 1. The lowest BCUT2D eigenvalue weighted by molar-refractivity contribution is 0.748. The molecule has 0 spiro atoms. The third-order valence-electron chi connectivity index (χ3n) is 1.60. The molecule has 0 aliphatic rings. The molecule has 0 aromatic heterocycles. The number of rotatable bonds is 3. The molecule has 66 valence electrons. The molecule has 0 bridgehead atoms. The van der Waals surface area contributed by atoms with Crippen LogP contribution in [0.3, 0.4) is 0 Å². The first-order valence-electron chi connectivity index (χ1n) is 3.70. The van der Waals surface area contributed by atoms with Crippen molar-refractivity contribution in [1.29, 1.82) is 0 Å². The van der Waals surface area contributed by atoms with E-state index in [1.54, 1.807) is 0 Å². The Morgan fingerprint density at radius 2 is 2.08 bits per heavy atom. The predicted molar refractivity (Wildman–Crippen MR) is 54.9 cm³/mol. The molecule has 3 nitrogen and oxygen atoms in total. The highest BCUT2D eigenvalue weighted by Gasteiger charge is 2.00. The van der Waals surface area contributed by atoms with E-state index in [9.17, 15) is 0 Å². The summed E-state index contributed by atoms with van der Waals surface area (Å²) >= 11 is 4.14. The van der Waals surface area contributed by atoms with Crippen molar-refractivity contribution in [3.8, 4) is 0 Å². The van der Waals surface area contributed by atoms with Gasteiger partial charge in [0.15, 0.2) is 0 Å². The van der Waals surface area contributed by atoms with Crippen molar-refractivity contribution in [1.82, 2.24) is 5.43 Å². The van der Waals surface area contributed by atoms with Crippen molar-refractivity contribution in [2.24, 2.45) is 5.84 Å². The molecule has 4 heteroatoms. The number of hydrogen-bond acceptors (Lipinski definition) is 4. The van der Waals surface area contributed by atoms with Crippen molar-refractivity contribution in [2.75, 3.05) is 5.32 Å². The molecule has 1 aromatic rings. The van der Waals surface area contributed by atoms with Crippen LogP contribution in [0.5, 0.6) is 0 Å². The Bertz CT molecular complexity index is 252. The monoisotopic (exact) mass is 183 g/mol. The zero-order valence-electron chi connectivity index (χ0n) is 6.91. The van der Waals surface area contributed by atoms with E-state index in [1.807, 2.05) is 31.2 Å². The van der Waals surface area contributed by atoms with E-state index < -0.39 is 0 Å². The molecule has 4 N–H and O–H groups in total. The number of thiol groups is 1. The van der Waals surface area contributed by atoms with Crippen molar-refractivity contribution in [3.63, 3.8) is 0 Å². The molecular formula is C8H13N3S. The molecule has 0 fully saturated rings. The Hall–Kier alpha value is -0.710. The van der Waals surface area contributed by atoms with Crippen LogP contribution in [0.1, 0.15) is 5.56 Å². The Labute approximate surface area is 77.7 Å². The minimum atomic E-state index is -0.217. The first-order valence-corrected chi connectivity index (χ1v) is 4.22. The van der Waals surface area contributed by atoms with Crippen LogP contribution in [0.2, 0.25) is 0 Å². The van der Waals surface area contributed by atoms with Gasteiger partial charge in [-0.1, -0.05) is 18.2 Å². The fourth-order valence-electron chi connectivity index (χ4n) is 0.924. The van der Waals surface area contributed by atoms with Crippen LogP contribution < -0.4 is 16.6 Å². The van der Waals surface area contributed by atoms with Gasteiger partial charge in [-0.15, -0.1) is 12.6 Å². The van der Waals surface area contributed by atoms with E-state index in [1.165, 1.54) is 5.56 Å². The number of anilines is 1. The number of hydrogen-bond donors (Lipinski definition) is 4. The summed E-state index contributed by atoms with van der Waals surface area (Å²) in [7, 11) is 0. The highest BCUT2D eigenvalue weighted by molar-refractivity contribution is 7.81. The maximum absolute atomic E-state index is 5.18. The highest BCUT2D eigenvalue weighted by atomic mass is 32.1. The minimum Gasteiger partial charge on any atom is -0.360 e. The predicted octanol–water partition coefficient (Wildman–Crippen LogP) is 1.08. The molecule has 1 atom stereocenters. The Balaban J connectivity index is 2.69. The smallest absolute Gasteiger partial charge is 0.135 e. The van der Waals surface area contributed by atoms with E-state index in [4.69, 9.17) is 5.84 Å². The molecule has 1 rings (SSSR count). The summed E-state index contributed by atoms with van der Waals surface area (Å²) in [6, 6.07) is 7.96. The van der Waals surface area contributed by atoms with Gasteiger partial charge in [0, 0.05) is 5.69 Å². The quantitative estimate of drug-likeness (QED) is 0.245. The van der Waals surface area contributed by atoms with E-state index in [0.29, 0.717) is 0 Å². The zero-order valence-corrected chi connectivity index (χ0v) is 7.81. The van der Waals surface area contributed by atoms with Gasteiger partial charge in [0.1, 0.15) is 5.50 Å². The van der Waals surface area contributed by atoms with Gasteiger partial charge in [-0.3, -0.25) is 5.84 Å².